The highest BCUT2D eigenvalue weighted by Gasteiger charge is 2.24. The molecule has 1 aliphatic rings. The highest BCUT2D eigenvalue weighted by Crippen LogP contribution is 2.20. The Balaban J connectivity index is 1.59. The molecule has 1 saturated heterocycles. The third-order valence-electron chi connectivity index (χ3n) is 3.82. The first kappa shape index (κ1) is 15.8. The topological polar surface area (TPSA) is 58.8 Å². The molecule has 1 aromatic heterocycles. The monoisotopic (exact) mass is 335 g/mol. The predicted octanol–water partition coefficient (Wildman–Crippen LogP) is 2.44. The summed E-state index contributed by atoms with van der Waals surface area (Å²) in [7, 11) is 1.57. The SMILES string of the molecule is COCc1cc(C(=O)N2CCN(c3ccc(Cl)cc3)CC2)no1. The number of nitrogens with zero attached hydrogens (tertiary/aromatic N) is 3. The van der Waals surface area contributed by atoms with Crippen LogP contribution in [-0.2, 0) is 11.3 Å². The number of methoxy groups -OCH3 is 1. The first-order chi connectivity index (χ1) is 11.2. The summed E-state index contributed by atoms with van der Waals surface area (Å²) >= 11 is 5.91. The number of rotatable bonds is 4. The zero-order valence-corrected chi connectivity index (χ0v) is 13.6. The van der Waals surface area contributed by atoms with Gasteiger partial charge in [-0.3, -0.25) is 4.79 Å². The molecule has 1 aromatic carbocycles. The zero-order chi connectivity index (χ0) is 16.2. The van der Waals surface area contributed by atoms with Gasteiger partial charge in [-0.2, -0.15) is 0 Å². The van der Waals surface area contributed by atoms with E-state index < -0.39 is 0 Å². The molecule has 0 bridgehead atoms. The van der Waals surface area contributed by atoms with Gasteiger partial charge in [0.15, 0.2) is 11.5 Å². The number of halogens is 1. The second-order valence-electron chi connectivity index (χ2n) is 5.37. The Morgan fingerprint density at radius 3 is 2.61 bits per heavy atom. The molecule has 0 aliphatic carbocycles. The fourth-order valence-corrected chi connectivity index (χ4v) is 2.73. The molecule has 122 valence electrons. The Morgan fingerprint density at radius 1 is 1.26 bits per heavy atom. The number of hydrogen-bond donors (Lipinski definition) is 0. The summed E-state index contributed by atoms with van der Waals surface area (Å²) in [5.41, 5.74) is 1.45. The van der Waals surface area contributed by atoms with E-state index in [1.54, 1.807) is 18.1 Å². The van der Waals surface area contributed by atoms with Crippen LogP contribution in [0.5, 0.6) is 0 Å². The number of amides is 1. The van der Waals surface area contributed by atoms with Gasteiger partial charge < -0.3 is 19.1 Å². The van der Waals surface area contributed by atoms with Gasteiger partial charge in [0.2, 0.25) is 0 Å². The number of anilines is 1. The quantitative estimate of drug-likeness (QED) is 0.859. The molecule has 1 aliphatic heterocycles. The van der Waals surface area contributed by atoms with Gasteiger partial charge in [-0.1, -0.05) is 16.8 Å². The fraction of sp³-hybridized carbons (Fsp3) is 0.375. The van der Waals surface area contributed by atoms with Gasteiger partial charge in [0.25, 0.3) is 5.91 Å². The molecule has 0 unspecified atom stereocenters. The summed E-state index contributed by atoms with van der Waals surface area (Å²) in [4.78, 5) is 16.5. The highest BCUT2D eigenvalue weighted by atomic mass is 35.5. The number of carbonyl (C=O) groups is 1. The summed E-state index contributed by atoms with van der Waals surface area (Å²) in [6.45, 7) is 3.15. The van der Waals surface area contributed by atoms with Gasteiger partial charge in [0.1, 0.15) is 6.61 Å². The van der Waals surface area contributed by atoms with Crippen molar-refractivity contribution >= 4 is 23.2 Å². The minimum atomic E-state index is -0.105. The van der Waals surface area contributed by atoms with Crippen molar-refractivity contribution in [1.29, 1.82) is 0 Å². The predicted molar refractivity (Wildman–Crippen MR) is 86.8 cm³/mol. The highest BCUT2D eigenvalue weighted by molar-refractivity contribution is 6.30. The van der Waals surface area contributed by atoms with Gasteiger partial charge in [-0.15, -0.1) is 0 Å². The molecule has 0 atom stereocenters. The van der Waals surface area contributed by atoms with Crippen LogP contribution in [0.15, 0.2) is 34.9 Å². The Morgan fingerprint density at radius 2 is 1.96 bits per heavy atom. The molecule has 0 spiro atoms. The van der Waals surface area contributed by atoms with Crippen LogP contribution >= 0.6 is 11.6 Å². The maximum Gasteiger partial charge on any atom is 0.276 e. The Labute approximate surface area is 139 Å². The van der Waals surface area contributed by atoms with Gasteiger partial charge in [-0.25, -0.2) is 0 Å². The lowest BCUT2D eigenvalue weighted by atomic mass is 10.2. The molecule has 2 aromatic rings. The van der Waals surface area contributed by atoms with E-state index in [4.69, 9.17) is 20.9 Å². The molecule has 2 heterocycles. The molecular formula is C16H18ClN3O3. The Kier molecular flexibility index (Phi) is 4.83. The lowest BCUT2D eigenvalue weighted by Crippen LogP contribution is -2.48. The molecule has 1 amide bonds. The largest absolute Gasteiger partial charge is 0.377 e. The van der Waals surface area contributed by atoms with E-state index in [-0.39, 0.29) is 5.91 Å². The van der Waals surface area contributed by atoms with Crippen molar-refractivity contribution in [1.82, 2.24) is 10.1 Å². The Bertz CT molecular complexity index is 663. The smallest absolute Gasteiger partial charge is 0.276 e. The van der Waals surface area contributed by atoms with E-state index >= 15 is 0 Å². The molecule has 23 heavy (non-hydrogen) atoms. The van der Waals surface area contributed by atoms with E-state index in [1.807, 2.05) is 24.3 Å². The second kappa shape index (κ2) is 7.02. The van der Waals surface area contributed by atoms with Crippen LogP contribution < -0.4 is 4.90 Å². The average molecular weight is 336 g/mol. The van der Waals surface area contributed by atoms with E-state index in [9.17, 15) is 4.79 Å². The van der Waals surface area contributed by atoms with Gasteiger partial charge in [-0.05, 0) is 24.3 Å². The van der Waals surface area contributed by atoms with E-state index in [0.29, 0.717) is 31.2 Å². The molecule has 0 saturated carbocycles. The van der Waals surface area contributed by atoms with Gasteiger partial charge in [0.05, 0.1) is 0 Å². The second-order valence-corrected chi connectivity index (χ2v) is 5.80. The van der Waals surface area contributed by atoms with Gasteiger partial charge in [0, 0.05) is 50.1 Å². The van der Waals surface area contributed by atoms with Crippen LogP contribution in [0.2, 0.25) is 5.02 Å². The molecule has 7 heteroatoms. The number of piperazine rings is 1. The first-order valence-corrected chi connectivity index (χ1v) is 7.79. The van der Waals surface area contributed by atoms with Crippen LogP contribution in [0.25, 0.3) is 0 Å². The molecular weight excluding hydrogens is 318 g/mol. The summed E-state index contributed by atoms with van der Waals surface area (Å²) in [6, 6.07) is 9.38. The summed E-state index contributed by atoms with van der Waals surface area (Å²) in [5.74, 6) is 0.447. The van der Waals surface area contributed by atoms with Crippen molar-refractivity contribution < 1.29 is 14.1 Å². The third-order valence-corrected chi connectivity index (χ3v) is 4.08. The molecule has 0 radical (unpaired) electrons. The standard InChI is InChI=1S/C16H18ClN3O3/c1-22-11-14-10-15(18-23-14)16(21)20-8-6-19(7-9-20)13-4-2-12(17)3-5-13/h2-5,10H,6-9,11H2,1H3. The van der Waals surface area contributed by atoms with Crippen LogP contribution in [0.3, 0.4) is 0 Å². The number of hydrogen-bond acceptors (Lipinski definition) is 5. The normalized spacial score (nSPS) is 15.0. The number of ether oxygens (including phenoxy) is 1. The molecule has 1 fully saturated rings. The van der Waals surface area contributed by atoms with Crippen LogP contribution in [0.1, 0.15) is 16.2 Å². The zero-order valence-electron chi connectivity index (χ0n) is 12.9. The maximum absolute atomic E-state index is 12.4. The van der Waals surface area contributed by atoms with E-state index in [0.717, 1.165) is 23.8 Å². The summed E-state index contributed by atoms with van der Waals surface area (Å²) in [5, 5.41) is 4.54. The average Bonchev–Trinajstić information content (AvgIpc) is 3.04. The number of benzene rings is 1. The summed E-state index contributed by atoms with van der Waals surface area (Å²) < 4.78 is 10.0. The first-order valence-electron chi connectivity index (χ1n) is 7.41. The van der Waals surface area contributed by atoms with Crippen LogP contribution in [0, 0.1) is 0 Å². The van der Waals surface area contributed by atoms with Crippen LogP contribution in [-0.4, -0.2) is 49.3 Å². The fourth-order valence-electron chi connectivity index (χ4n) is 2.61. The van der Waals surface area contributed by atoms with Crippen LogP contribution in [0.4, 0.5) is 5.69 Å². The number of aromatic nitrogens is 1. The van der Waals surface area contributed by atoms with Gasteiger partial charge >= 0.3 is 0 Å². The maximum atomic E-state index is 12.4. The molecule has 0 N–H and O–H groups in total. The van der Waals surface area contributed by atoms with E-state index in [1.165, 1.54) is 0 Å². The van der Waals surface area contributed by atoms with E-state index in [2.05, 4.69) is 10.1 Å². The Hall–Kier alpha value is -2.05. The lowest BCUT2D eigenvalue weighted by Gasteiger charge is -2.35. The minimum absolute atomic E-state index is 0.105. The third kappa shape index (κ3) is 3.65. The number of carbonyl (C=O) groups excluding carboxylic acids is 1. The summed E-state index contributed by atoms with van der Waals surface area (Å²) in [6.07, 6.45) is 0. The molecule has 6 nitrogen and oxygen atoms in total. The van der Waals surface area contributed by atoms with Crippen molar-refractivity contribution in [2.45, 2.75) is 6.61 Å². The minimum Gasteiger partial charge on any atom is -0.377 e. The van der Waals surface area contributed by atoms with Crippen molar-refractivity contribution in [2.24, 2.45) is 0 Å². The van der Waals surface area contributed by atoms with Crippen molar-refractivity contribution in [3.63, 3.8) is 0 Å². The van der Waals surface area contributed by atoms with Crippen molar-refractivity contribution in [2.75, 3.05) is 38.2 Å². The van der Waals surface area contributed by atoms with Crippen molar-refractivity contribution in [3.8, 4) is 0 Å². The molecule has 3 rings (SSSR count). The van der Waals surface area contributed by atoms with Crippen molar-refractivity contribution in [3.05, 3.63) is 46.8 Å². The lowest BCUT2D eigenvalue weighted by molar-refractivity contribution is 0.0735.